The molecule has 4 aromatic heterocycles. The maximum atomic E-state index is 12.4. The molecule has 1 aliphatic heterocycles. The summed E-state index contributed by atoms with van der Waals surface area (Å²) in [6, 6.07) is 11.0. The highest BCUT2D eigenvalue weighted by Gasteiger charge is 2.48. The Morgan fingerprint density at radius 3 is 2.64 bits per heavy atom. The Kier molecular flexibility index (Phi) is 4.97. The molecule has 0 unspecified atom stereocenters. The van der Waals surface area contributed by atoms with Gasteiger partial charge in [-0.1, -0.05) is 23.4 Å². The van der Waals surface area contributed by atoms with E-state index in [9.17, 15) is 9.90 Å². The molecule has 2 N–H and O–H groups in total. The third-order valence-corrected chi connectivity index (χ3v) is 6.23. The van der Waals surface area contributed by atoms with Crippen LogP contribution in [0, 0.1) is 0 Å². The minimum Gasteiger partial charge on any atom is -0.373 e. The Labute approximate surface area is 204 Å². The third kappa shape index (κ3) is 3.55. The molecule has 0 aliphatic carbocycles. The first-order valence-electron chi connectivity index (χ1n) is 11.2. The lowest BCUT2D eigenvalue weighted by Gasteiger charge is -2.16. The number of fused-ring (bicyclic) bond motifs is 1. The van der Waals surface area contributed by atoms with E-state index in [-0.39, 0.29) is 12.2 Å². The predicted molar refractivity (Wildman–Crippen MR) is 129 cm³/mol. The van der Waals surface area contributed by atoms with Gasteiger partial charge in [0.15, 0.2) is 22.7 Å². The number of rotatable bonds is 5. The summed E-state index contributed by atoms with van der Waals surface area (Å²) in [5.41, 5.74) is 2.33. The van der Waals surface area contributed by atoms with Gasteiger partial charge in [0.25, 0.3) is 5.91 Å². The summed E-state index contributed by atoms with van der Waals surface area (Å²) in [5.74, 6) is 0.605. The quantitative estimate of drug-likeness (QED) is 0.381. The molecule has 0 saturated carbocycles. The van der Waals surface area contributed by atoms with Crippen molar-refractivity contribution in [2.45, 2.75) is 12.0 Å². The highest BCUT2D eigenvalue weighted by molar-refractivity contribution is 5.88. The van der Waals surface area contributed by atoms with Crippen LogP contribution in [0.2, 0.25) is 0 Å². The number of carbonyl (C=O) groups is 1. The second-order valence-electron chi connectivity index (χ2n) is 8.59. The normalized spacial score (nSPS) is 17.8. The van der Waals surface area contributed by atoms with E-state index < -0.39 is 11.5 Å². The first kappa shape index (κ1) is 21.8. The molecule has 1 amide bonds. The van der Waals surface area contributed by atoms with Crippen LogP contribution in [0.15, 0.2) is 59.5 Å². The molecular weight excluding hydrogens is 462 g/mol. The van der Waals surface area contributed by atoms with Gasteiger partial charge in [0.1, 0.15) is 5.69 Å². The highest BCUT2D eigenvalue weighted by Crippen LogP contribution is 2.35. The number of anilines is 2. The minimum atomic E-state index is -1.69. The number of carbonyl (C=O) groups excluding carboxylic acids is 1. The van der Waals surface area contributed by atoms with Gasteiger partial charge in [0.05, 0.1) is 5.69 Å². The van der Waals surface area contributed by atoms with E-state index >= 15 is 0 Å². The van der Waals surface area contributed by atoms with Crippen molar-refractivity contribution in [2.75, 3.05) is 18.9 Å². The van der Waals surface area contributed by atoms with E-state index in [4.69, 9.17) is 4.52 Å². The largest absolute Gasteiger partial charge is 0.373 e. The van der Waals surface area contributed by atoms with E-state index in [0.717, 1.165) is 11.1 Å². The van der Waals surface area contributed by atoms with Crippen LogP contribution < -0.4 is 5.32 Å². The van der Waals surface area contributed by atoms with Gasteiger partial charge in [-0.25, -0.2) is 24.6 Å². The number of nitrogens with one attached hydrogen (secondary N) is 1. The van der Waals surface area contributed by atoms with Gasteiger partial charge in [-0.3, -0.25) is 4.79 Å². The molecule has 180 valence electrons. The van der Waals surface area contributed by atoms with Gasteiger partial charge in [-0.2, -0.15) is 5.10 Å². The van der Waals surface area contributed by atoms with Gasteiger partial charge in [0.2, 0.25) is 11.5 Å². The van der Waals surface area contributed by atoms with Gasteiger partial charge >= 0.3 is 0 Å². The summed E-state index contributed by atoms with van der Waals surface area (Å²) >= 11 is 0. The molecule has 1 atom stereocenters. The summed E-state index contributed by atoms with van der Waals surface area (Å²) < 4.78 is 7.03. The van der Waals surface area contributed by atoms with E-state index in [2.05, 4.69) is 35.5 Å². The molecule has 5 aromatic rings. The molecule has 12 nitrogen and oxygen atoms in total. The van der Waals surface area contributed by atoms with Crippen molar-refractivity contribution in [1.29, 1.82) is 0 Å². The summed E-state index contributed by atoms with van der Waals surface area (Å²) in [7, 11) is 3.44. The Balaban J connectivity index is 1.29. The molecular formula is C24H21N9O3. The van der Waals surface area contributed by atoms with E-state index in [1.807, 2.05) is 24.3 Å². The van der Waals surface area contributed by atoms with Crippen molar-refractivity contribution in [3.8, 4) is 22.5 Å². The zero-order valence-electron chi connectivity index (χ0n) is 19.5. The maximum Gasteiger partial charge on any atom is 0.262 e. The number of nitrogens with zero attached hydrogens (tertiary/aromatic N) is 8. The van der Waals surface area contributed by atoms with Crippen LogP contribution in [0.25, 0.3) is 33.7 Å². The molecule has 1 aliphatic rings. The van der Waals surface area contributed by atoms with E-state index in [1.54, 1.807) is 49.5 Å². The molecule has 12 heteroatoms. The van der Waals surface area contributed by atoms with Crippen molar-refractivity contribution in [3.63, 3.8) is 0 Å². The number of aromatic nitrogens is 7. The van der Waals surface area contributed by atoms with Gasteiger partial charge in [-0.05, 0) is 12.1 Å². The average molecular weight is 483 g/mol. The lowest BCUT2D eigenvalue weighted by Crippen LogP contribution is -2.35. The molecule has 0 bridgehead atoms. The first-order valence-corrected chi connectivity index (χ1v) is 11.2. The van der Waals surface area contributed by atoms with Crippen molar-refractivity contribution >= 4 is 28.8 Å². The zero-order chi connectivity index (χ0) is 24.9. The van der Waals surface area contributed by atoms with Crippen molar-refractivity contribution in [1.82, 2.24) is 39.8 Å². The fraction of sp³-hybridized carbons (Fsp3) is 0.208. The Bertz CT molecular complexity index is 1610. The molecule has 6 rings (SSSR count). The molecule has 0 radical (unpaired) electrons. The second-order valence-corrected chi connectivity index (χ2v) is 8.59. The van der Waals surface area contributed by atoms with E-state index in [1.165, 1.54) is 4.90 Å². The summed E-state index contributed by atoms with van der Waals surface area (Å²) in [6.07, 6.45) is 5.12. The van der Waals surface area contributed by atoms with E-state index in [0.29, 0.717) is 40.9 Å². The Morgan fingerprint density at radius 1 is 1.03 bits per heavy atom. The number of benzene rings is 1. The number of amides is 1. The van der Waals surface area contributed by atoms with Crippen molar-refractivity contribution in [2.24, 2.45) is 7.05 Å². The number of hydrogen-bond donors (Lipinski definition) is 2. The second kappa shape index (κ2) is 8.20. The van der Waals surface area contributed by atoms with Gasteiger partial charge < -0.3 is 19.8 Å². The molecule has 5 heterocycles. The SMILES string of the molecule is CN1CC[C@@](O)(c2cc(-c3cccc(-c4ccnc(Nc5nn(C)c6nccnc56)n4)c3)no2)C1=O. The Hall–Kier alpha value is -4.71. The Morgan fingerprint density at radius 2 is 1.83 bits per heavy atom. The molecule has 1 aromatic carbocycles. The van der Waals surface area contributed by atoms with Gasteiger partial charge in [-0.15, -0.1) is 0 Å². The summed E-state index contributed by atoms with van der Waals surface area (Å²) in [5, 5.41) is 22.5. The van der Waals surface area contributed by atoms with Crippen LogP contribution in [0.4, 0.5) is 11.8 Å². The van der Waals surface area contributed by atoms with Crippen LogP contribution >= 0.6 is 0 Å². The molecule has 1 fully saturated rings. The molecule has 0 spiro atoms. The lowest BCUT2D eigenvalue weighted by atomic mass is 9.98. The number of hydrogen-bond acceptors (Lipinski definition) is 10. The fourth-order valence-electron chi connectivity index (χ4n) is 4.28. The monoisotopic (exact) mass is 483 g/mol. The molecule has 1 saturated heterocycles. The number of likely N-dealkylation sites (tertiary alicyclic amines) is 1. The topological polar surface area (TPSA) is 148 Å². The van der Waals surface area contributed by atoms with Gasteiger partial charge in [0, 0.05) is 62.8 Å². The number of aryl methyl sites for hydroxylation is 1. The lowest BCUT2D eigenvalue weighted by molar-refractivity contribution is -0.144. The van der Waals surface area contributed by atoms with Crippen LogP contribution in [0.5, 0.6) is 0 Å². The minimum absolute atomic E-state index is 0.136. The van der Waals surface area contributed by atoms with Crippen LogP contribution in [-0.4, -0.2) is 64.4 Å². The predicted octanol–water partition coefficient (Wildman–Crippen LogP) is 2.27. The number of aliphatic hydroxyl groups is 1. The summed E-state index contributed by atoms with van der Waals surface area (Å²) in [4.78, 5) is 31.5. The standard InChI is InChI=1S/C24H21N9O3/c1-32-11-7-24(35,22(32)34)18-13-17(31-36-18)15-5-3-4-14(12-15)16-6-8-27-23(28-16)29-20-19-21(33(2)30-20)26-10-9-25-19/h3-6,8-10,12-13,35H,7,11H2,1-2H3,(H,27,28,29,30)/t24-/m1/s1. The third-order valence-electron chi connectivity index (χ3n) is 6.23. The van der Waals surface area contributed by atoms with Crippen LogP contribution in [-0.2, 0) is 17.4 Å². The van der Waals surface area contributed by atoms with Crippen molar-refractivity contribution in [3.05, 3.63) is 60.7 Å². The maximum absolute atomic E-state index is 12.4. The smallest absolute Gasteiger partial charge is 0.262 e. The fourth-order valence-corrected chi connectivity index (χ4v) is 4.28. The van der Waals surface area contributed by atoms with Crippen molar-refractivity contribution < 1.29 is 14.4 Å². The molecule has 36 heavy (non-hydrogen) atoms. The zero-order valence-corrected chi connectivity index (χ0v) is 19.5. The summed E-state index contributed by atoms with van der Waals surface area (Å²) in [6.45, 7) is 0.450. The number of likely N-dealkylation sites (N-methyl/N-ethyl adjacent to an activating group) is 1. The highest BCUT2D eigenvalue weighted by atomic mass is 16.5. The average Bonchev–Trinajstić information content (AvgIpc) is 3.59. The van der Waals surface area contributed by atoms with Crippen LogP contribution in [0.1, 0.15) is 12.2 Å². The first-order chi connectivity index (χ1) is 17.4. The van der Waals surface area contributed by atoms with Crippen LogP contribution in [0.3, 0.4) is 0 Å².